The maximum absolute atomic E-state index is 12.9. The first kappa shape index (κ1) is 18.1. The van der Waals surface area contributed by atoms with E-state index in [0.29, 0.717) is 0 Å². The van der Waals surface area contributed by atoms with Crippen LogP contribution < -0.4 is 19.6 Å². The van der Waals surface area contributed by atoms with E-state index in [4.69, 9.17) is 18.6 Å². The fourth-order valence-corrected chi connectivity index (χ4v) is 2.75. The molecule has 0 aliphatic carbocycles. The summed E-state index contributed by atoms with van der Waals surface area (Å²) in [5, 5.41) is 39.5. The van der Waals surface area contributed by atoms with Gasteiger partial charge in [0.1, 0.15) is 5.39 Å². The molecule has 0 aliphatic heterocycles. The molecule has 0 aliphatic rings. The van der Waals surface area contributed by atoms with Crippen LogP contribution in [0.5, 0.6) is 40.2 Å². The third-order valence-corrected chi connectivity index (χ3v) is 4.01. The van der Waals surface area contributed by atoms with Gasteiger partial charge in [-0.3, -0.25) is 4.79 Å². The first-order valence-electron chi connectivity index (χ1n) is 7.58. The van der Waals surface area contributed by atoms with Gasteiger partial charge in [0.25, 0.3) is 0 Å². The molecule has 4 N–H and O–H groups in total. The van der Waals surface area contributed by atoms with Crippen molar-refractivity contribution in [3.05, 3.63) is 28.4 Å². The van der Waals surface area contributed by atoms with E-state index in [2.05, 4.69) is 0 Å². The molecule has 9 nitrogen and oxygen atoms in total. The number of methoxy groups -OCH3 is 3. The van der Waals surface area contributed by atoms with Crippen molar-refractivity contribution in [1.29, 1.82) is 0 Å². The predicted octanol–water partition coefficient (Wildman–Crippen LogP) is 2.31. The fraction of sp³-hybridized carbons (Fsp3) is 0.167. The van der Waals surface area contributed by atoms with Crippen molar-refractivity contribution in [3.63, 3.8) is 0 Å². The van der Waals surface area contributed by atoms with Crippen LogP contribution in [0.25, 0.3) is 22.3 Å². The summed E-state index contributed by atoms with van der Waals surface area (Å²) < 4.78 is 20.9. The zero-order chi connectivity index (χ0) is 19.9. The zero-order valence-electron chi connectivity index (χ0n) is 14.6. The Labute approximate surface area is 152 Å². The highest BCUT2D eigenvalue weighted by molar-refractivity contribution is 5.96. The molecule has 0 amide bonds. The number of ether oxygens (including phenoxy) is 3. The summed E-state index contributed by atoms with van der Waals surface area (Å²) in [5.74, 6) is -2.96. The number of benzene rings is 2. The minimum absolute atomic E-state index is 0.104. The van der Waals surface area contributed by atoms with Gasteiger partial charge in [-0.25, -0.2) is 0 Å². The molecule has 142 valence electrons. The summed E-state index contributed by atoms with van der Waals surface area (Å²) in [7, 11) is 3.67. The SMILES string of the molecule is COc1c(O)c(OC)c2oc(-c3ccc(O)c(O)c3)c(OC)c(=O)c2c1O. The number of fused-ring (bicyclic) bond motifs is 1. The number of hydrogen-bond acceptors (Lipinski definition) is 9. The van der Waals surface area contributed by atoms with Crippen LogP contribution >= 0.6 is 0 Å². The molecule has 27 heavy (non-hydrogen) atoms. The molecular formula is C18H16O9. The third kappa shape index (κ3) is 2.60. The van der Waals surface area contributed by atoms with Crippen LogP contribution in [-0.2, 0) is 0 Å². The number of aromatic hydroxyl groups is 4. The van der Waals surface area contributed by atoms with Crippen molar-refractivity contribution in [2.45, 2.75) is 0 Å². The summed E-state index contributed by atoms with van der Waals surface area (Å²) in [5.41, 5.74) is -0.796. The Morgan fingerprint density at radius 1 is 0.815 bits per heavy atom. The Hall–Kier alpha value is -3.75. The molecule has 0 bridgehead atoms. The zero-order valence-corrected chi connectivity index (χ0v) is 14.6. The van der Waals surface area contributed by atoms with Crippen molar-refractivity contribution in [3.8, 4) is 51.6 Å². The van der Waals surface area contributed by atoms with Gasteiger partial charge >= 0.3 is 0 Å². The number of phenols is 4. The predicted molar refractivity (Wildman–Crippen MR) is 94.2 cm³/mol. The highest BCUT2D eigenvalue weighted by Crippen LogP contribution is 2.50. The summed E-state index contributed by atoms with van der Waals surface area (Å²) in [4.78, 5) is 12.9. The van der Waals surface area contributed by atoms with Crippen LogP contribution in [0.2, 0.25) is 0 Å². The van der Waals surface area contributed by atoms with Crippen molar-refractivity contribution < 1.29 is 39.1 Å². The monoisotopic (exact) mass is 376 g/mol. The van der Waals surface area contributed by atoms with Gasteiger partial charge in [-0.15, -0.1) is 0 Å². The topological polar surface area (TPSA) is 139 Å². The Morgan fingerprint density at radius 3 is 2.00 bits per heavy atom. The average molecular weight is 376 g/mol. The maximum Gasteiger partial charge on any atom is 0.239 e. The highest BCUT2D eigenvalue weighted by atomic mass is 16.5. The second kappa shape index (κ2) is 6.52. The molecular weight excluding hydrogens is 360 g/mol. The molecule has 0 saturated carbocycles. The molecule has 1 aromatic heterocycles. The molecule has 2 aromatic carbocycles. The van der Waals surface area contributed by atoms with Gasteiger partial charge < -0.3 is 39.1 Å². The molecule has 1 heterocycles. The molecule has 3 rings (SSSR count). The van der Waals surface area contributed by atoms with E-state index in [1.165, 1.54) is 33.5 Å². The second-order valence-corrected chi connectivity index (χ2v) is 5.46. The van der Waals surface area contributed by atoms with Crippen LogP contribution in [0.1, 0.15) is 0 Å². The van der Waals surface area contributed by atoms with E-state index in [0.717, 1.165) is 6.07 Å². The molecule has 0 fully saturated rings. The van der Waals surface area contributed by atoms with Gasteiger partial charge in [0, 0.05) is 5.56 Å². The van der Waals surface area contributed by atoms with Crippen LogP contribution in [-0.4, -0.2) is 41.8 Å². The number of hydrogen-bond donors (Lipinski definition) is 4. The minimum Gasteiger partial charge on any atom is -0.504 e. The van der Waals surface area contributed by atoms with E-state index < -0.39 is 22.7 Å². The van der Waals surface area contributed by atoms with Gasteiger partial charge in [-0.05, 0) is 18.2 Å². The standard InChI is InChI=1S/C18H16O9/c1-24-16-11(21)10-12(22)17(25-2)14(7-4-5-8(19)9(20)6-7)27-15(10)18(26-3)13(16)23/h4-6,19-21,23H,1-3H3. The molecule has 0 unspecified atom stereocenters. The Balaban J connectivity index is 2.50. The average Bonchev–Trinajstić information content (AvgIpc) is 2.64. The number of phenolic OH excluding ortho intramolecular Hbond substituents is 4. The molecule has 0 radical (unpaired) electrons. The lowest BCUT2D eigenvalue weighted by atomic mass is 10.1. The largest absolute Gasteiger partial charge is 0.504 e. The quantitative estimate of drug-likeness (QED) is 0.505. The maximum atomic E-state index is 12.9. The summed E-state index contributed by atoms with van der Waals surface area (Å²) in [6, 6.07) is 3.75. The highest BCUT2D eigenvalue weighted by Gasteiger charge is 2.28. The lowest BCUT2D eigenvalue weighted by molar-refractivity contribution is 0.322. The van der Waals surface area contributed by atoms with Crippen LogP contribution in [0.3, 0.4) is 0 Å². The molecule has 3 aromatic rings. The number of rotatable bonds is 4. The Bertz CT molecular complexity index is 1100. The fourth-order valence-electron chi connectivity index (χ4n) is 2.75. The van der Waals surface area contributed by atoms with Gasteiger partial charge in [0.15, 0.2) is 28.6 Å². The Morgan fingerprint density at radius 2 is 1.44 bits per heavy atom. The molecule has 9 heteroatoms. The van der Waals surface area contributed by atoms with Crippen LogP contribution in [0.4, 0.5) is 0 Å². The summed E-state index contributed by atoms with van der Waals surface area (Å²) >= 11 is 0. The van der Waals surface area contributed by atoms with Gasteiger partial charge in [0.05, 0.1) is 21.3 Å². The van der Waals surface area contributed by atoms with Crippen molar-refractivity contribution in [2.24, 2.45) is 0 Å². The van der Waals surface area contributed by atoms with Gasteiger partial charge in [-0.1, -0.05) is 0 Å². The van der Waals surface area contributed by atoms with Gasteiger partial charge in [-0.2, -0.15) is 0 Å². The molecule has 0 saturated heterocycles. The summed E-state index contributed by atoms with van der Waals surface area (Å²) in [6.07, 6.45) is 0. The van der Waals surface area contributed by atoms with Crippen molar-refractivity contribution in [1.82, 2.24) is 0 Å². The van der Waals surface area contributed by atoms with E-state index in [1.807, 2.05) is 0 Å². The van der Waals surface area contributed by atoms with Gasteiger partial charge in [0.2, 0.25) is 28.4 Å². The first-order valence-corrected chi connectivity index (χ1v) is 7.58. The summed E-state index contributed by atoms with van der Waals surface area (Å²) in [6.45, 7) is 0. The van der Waals surface area contributed by atoms with E-state index in [9.17, 15) is 25.2 Å². The van der Waals surface area contributed by atoms with Crippen molar-refractivity contribution in [2.75, 3.05) is 21.3 Å². The van der Waals surface area contributed by atoms with Crippen LogP contribution in [0, 0.1) is 0 Å². The molecule has 0 spiro atoms. The minimum atomic E-state index is -0.754. The molecule has 0 atom stereocenters. The Kier molecular flexibility index (Phi) is 4.36. The smallest absolute Gasteiger partial charge is 0.239 e. The second-order valence-electron chi connectivity index (χ2n) is 5.46. The lowest BCUT2D eigenvalue weighted by Gasteiger charge is -2.15. The van der Waals surface area contributed by atoms with E-state index in [-0.39, 0.29) is 45.3 Å². The van der Waals surface area contributed by atoms with E-state index in [1.54, 1.807) is 0 Å². The first-order chi connectivity index (χ1) is 12.8. The van der Waals surface area contributed by atoms with E-state index >= 15 is 0 Å². The lowest BCUT2D eigenvalue weighted by Crippen LogP contribution is -2.09. The van der Waals surface area contributed by atoms with Crippen molar-refractivity contribution >= 4 is 11.0 Å². The third-order valence-electron chi connectivity index (χ3n) is 4.01. The normalized spacial score (nSPS) is 10.8. The van der Waals surface area contributed by atoms with Crippen LogP contribution in [0.15, 0.2) is 27.4 Å².